The third-order valence-corrected chi connectivity index (χ3v) is 8.41. The van der Waals surface area contributed by atoms with Gasteiger partial charge in [0.05, 0.1) is 29.3 Å². The minimum Gasteiger partial charge on any atom is -0.508 e. The van der Waals surface area contributed by atoms with Gasteiger partial charge in [-0.1, -0.05) is 31.2 Å². The van der Waals surface area contributed by atoms with E-state index < -0.39 is 87.4 Å². The highest BCUT2D eigenvalue weighted by atomic mass is 16.4. The maximum Gasteiger partial charge on any atom is 0.323 e. The number of fused-ring (bicyclic) bond motifs is 3. The zero-order valence-electron chi connectivity index (χ0n) is 22.8. The lowest BCUT2D eigenvalue weighted by molar-refractivity contribution is -0.169. The number of amides is 3. The Hall–Kier alpha value is -4.72. The lowest BCUT2D eigenvalue weighted by Crippen LogP contribution is -2.70. The van der Waals surface area contributed by atoms with Gasteiger partial charge >= 0.3 is 6.03 Å². The van der Waals surface area contributed by atoms with E-state index in [0.29, 0.717) is 11.3 Å². The van der Waals surface area contributed by atoms with Crippen molar-refractivity contribution in [2.24, 2.45) is 17.6 Å². The van der Waals surface area contributed by atoms with Gasteiger partial charge in [-0.15, -0.1) is 0 Å². The summed E-state index contributed by atoms with van der Waals surface area (Å²) in [6.07, 6.45) is -1.70. The number of Topliss-reactive ketones (excluding diaryl/α,β-unsaturated/α-hetero) is 2. The molecule has 1 fully saturated rings. The summed E-state index contributed by atoms with van der Waals surface area (Å²) in [6, 6.07) is 9.24. The monoisotopic (exact) mass is 578 g/mol. The summed E-state index contributed by atoms with van der Waals surface area (Å²) in [7, 11) is 2.87. The van der Waals surface area contributed by atoms with Crippen molar-refractivity contribution in [2.45, 2.75) is 30.6 Å². The minimum absolute atomic E-state index is 0.116. The predicted octanol–water partition coefficient (Wildman–Crippen LogP) is 1.14. The van der Waals surface area contributed by atoms with E-state index in [0.717, 1.165) is 0 Å². The molecule has 3 aliphatic carbocycles. The number of carbonyl (C=O) groups excluding carboxylic acids is 4. The van der Waals surface area contributed by atoms with Crippen LogP contribution in [-0.2, 0) is 14.4 Å². The lowest BCUT2D eigenvalue weighted by atomic mass is 9.54. The topological polar surface area (TPSA) is 223 Å². The number of likely N-dealkylation sites (N-methyl/N-ethyl adjacent to an activating group) is 1. The third-order valence-electron chi connectivity index (χ3n) is 8.41. The van der Waals surface area contributed by atoms with Crippen molar-refractivity contribution in [3.63, 3.8) is 0 Å². The van der Waals surface area contributed by atoms with Crippen LogP contribution in [0.1, 0.15) is 24.0 Å². The molecule has 1 unspecified atom stereocenters. The number of benzene rings is 2. The third kappa shape index (κ3) is 3.96. The number of phenolic OH excluding ortho intramolecular Hbond substituents is 1. The maximum atomic E-state index is 14.0. The van der Waals surface area contributed by atoms with Gasteiger partial charge in [0.2, 0.25) is 5.78 Å². The Morgan fingerprint density at radius 1 is 1.00 bits per heavy atom. The molecule has 9 N–H and O–H groups in total. The number of aromatic hydroxyl groups is 1. The Labute approximate surface area is 239 Å². The fourth-order valence-corrected chi connectivity index (χ4v) is 6.52. The molecule has 0 aromatic heterocycles. The number of carbonyl (C=O) groups is 4. The van der Waals surface area contributed by atoms with Crippen LogP contribution in [-0.4, -0.2) is 85.8 Å². The number of nitrogens with two attached hydrogens (primary N) is 1. The van der Waals surface area contributed by atoms with Crippen LogP contribution in [0, 0.1) is 11.8 Å². The SMILES string of the molecule is C[C@H]1c2ccc(NC(=O)Nc3ccccc3)c(O)c2C(O)=C2C(=O)[C@]3(O)C(O)=C(C(N)=O)C(=O)C(N(C)C)[C@@H]3[C@@H](O)[C@@H]21. The number of urea groups is 1. The second-order valence-corrected chi connectivity index (χ2v) is 10.9. The molecule has 0 saturated heterocycles. The van der Waals surface area contributed by atoms with Crippen molar-refractivity contribution in [2.75, 3.05) is 24.7 Å². The summed E-state index contributed by atoms with van der Waals surface area (Å²) in [5, 5.41) is 62.0. The maximum absolute atomic E-state index is 14.0. The number of hydrogen-bond acceptors (Lipinski definition) is 10. The Kier molecular flexibility index (Phi) is 6.84. The van der Waals surface area contributed by atoms with Gasteiger partial charge in [0.25, 0.3) is 5.91 Å². The standard InChI is InChI=1S/C29H30N4O9/c1-11-13-9-10-14(32-28(41)31-12-7-5-4-6-8-12)21(34)16(13)22(35)17-15(11)23(36)19-20(33(2)3)24(37)18(27(30)40)26(39)29(19,42)25(17)38/h4-11,15,19-20,23,34-36,39,42H,1-3H3,(H2,30,40)(H2,31,32,41)/t11-,15+,19+,20?,23-,29-/m0/s1. The van der Waals surface area contributed by atoms with Gasteiger partial charge in [-0.2, -0.15) is 0 Å². The van der Waals surface area contributed by atoms with Gasteiger partial charge in [0, 0.05) is 17.2 Å². The summed E-state index contributed by atoms with van der Waals surface area (Å²) in [5.41, 5.74) is 1.24. The van der Waals surface area contributed by atoms with E-state index in [1.54, 1.807) is 37.3 Å². The largest absolute Gasteiger partial charge is 0.508 e. The molecule has 0 bridgehead atoms. The van der Waals surface area contributed by atoms with E-state index in [-0.39, 0.29) is 11.3 Å². The molecule has 0 radical (unpaired) electrons. The Morgan fingerprint density at radius 3 is 2.24 bits per heavy atom. The average molecular weight is 579 g/mol. The molecule has 0 heterocycles. The fourth-order valence-electron chi connectivity index (χ4n) is 6.52. The number of ketones is 2. The number of hydrogen-bond donors (Lipinski definition) is 8. The van der Waals surface area contributed by atoms with Crippen LogP contribution in [0.5, 0.6) is 5.75 Å². The summed E-state index contributed by atoms with van der Waals surface area (Å²) in [4.78, 5) is 53.3. The molecule has 42 heavy (non-hydrogen) atoms. The molecule has 220 valence electrons. The highest BCUT2D eigenvalue weighted by Gasteiger charge is 2.68. The lowest BCUT2D eigenvalue weighted by Gasteiger charge is -2.53. The highest BCUT2D eigenvalue weighted by Crippen LogP contribution is 2.56. The number of primary amides is 1. The van der Waals surface area contributed by atoms with Crippen molar-refractivity contribution in [1.82, 2.24) is 4.90 Å². The number of aliphatic hydroxyl groups excluding tert-OH is 3. The number of para-hydroxylation sites is 1. The first-order valence-corrected chi connectivity index (χ1v) is 13.0. The quantitative estimate of drug-likeness (QED) is 0.191. The smallest absolute Gasteiger partial charge is 0.323 e. The number of aliphatic hydroxyl groups is 4. The number of anilines is 2. The van der Waals surface area contributed by atoms with Crippen LogP contribution in [0.3, 0.4) is 0 Å². The van der Waals surface area contributed by atoms with Gasteiger partial charge in [0.1, 0.15) is 22.8 Å². The molecule has 13 nitrogen and oxygen atoms in total. The first-order chi connectivity index (χ1) is 19.7. The summed E-state index contributed by atoms with van der Waals surface area (Å²) >= 11 is 0. The van der Waals surface area contributed by atoms with Gasteiger partial charge < -0.3 is 41.9 Å². The zero-order valence-corrected chi connectivity index (χ0v) is 22.8. The van der Waals surface area contributed by atoms with E-state index in [9.17, 15) is 44.7 Å². The molecule has 1 saturated carbocycles. The van der Waals surface area contributed by atoms with Gasteiger partial charge in [-0.05, 0) is 43.8 Å². The van der Waals surface area contributed by atoms with Crippen LogP contribution in [0.4, 0.5) is 16.2 Å². The van der Waals surface area contributed by atoms with Gasteiger partial charge in [-0.25, -0.2) is 4.79 Å². The van der Waals surface area contributed by atoms with E-state index in [2.05, 4.69) is 10.6 Å². The van der Waals surface area contributed by atoms with E-state index in [1.807, 2.05) is 0 Å². The molecule has 6 atom stereocenters. The summed E-state index contributed by atoms with van der Waals surface area (Å²) < 4.78 is 0. The second-order valence-electron chi connectivity index (χ2n) is 10.9. The molecule has 3 amide bonds. The van der Waals surface area contributed by atoms with Crippen LogP contribution in [0.2, 0.25) is 0 Å². The van der Waals surface area contributed by atoms with E-state index in [1.165, 1.54) is 31.1 Å². The molecular formula is C29H30N4O9. The Bertz CT molecular complexity index is 1600. The predicted molar refractivity (Wildman–Crippen MR) is 149 cm³/mol. The Balaban J connectivity index is 1.64. The van der Waals surface area contributed by atoms with E-state index >= 15 is 0 Å². The molecule has 13 heteroatoms. The van der Waals surface area contributed by atoms with Crippen LogP contribution < -0.4 is 16.4 Å². The van der Waals surface area contributed by atoms with E-state index in [4.69, 9.17) is 5.73 Å². The van der Waals surface area contributed by atoms with Crippen molar-refractivity contribution in [3.8, 4) is 5.75 Å². The van der Waals surface area contributed by atoms with Crippen LogP contribution >= 0.6 is 0 Å². The van der Waals surface area contributed by atoms with Gasteiger partial charge in [-0.3, -0.25) is 19.3 Å². The van der Waals surface area contributed by atoms with Crippen molar-refractivity contribution < 1.29 is 44.7 Å². The van der Waals surface area contributed by atoms with Crippen molar-refractivity contribution >= 4 is 40.6 Å². The zero-order chi connectivity index (χ0) is 30.8. The number of nitrogens with zero attached hydrogens (tertiary/aromatic N) is 1. The first kappa shape index (κ1) is 28.8. The number of rotatable bonds is 4. The first-order valence-electron chi connectivity index (χ1n) is 13.0. The highest BCUT2D eigenvalue weighted by molar-refractivity contribution is 6.24. The van der Waals surface area contributed by atoms with Crippen molar-refractivity contribution in [1.29, 1.82) is 0 Å². The average Bonchev–Trinajstić information content (AvgIpc) is 2.92. The van der Waals surface area contributed by atoms with Gasteiger partial charge in [0.15, 0.2) is 11.4 Å². The molecule has 3 aliphatic rings. The van der Waals surface area contributed by atoms with Crippen molar-refractivity contribution in [3.05, 3.63) is 70.5 Å². The number of nitrogens with one attached hydrogen (secondary N) is 2. The molecular weight excluding hydrogens is 548 g/mol. The molecule has 0 aliphatic heterocycles. The molecule has 5 rings (SSSR count). The summed E-state index contributed by atoms with van der Waals surface area (Å²) in [6.45, 7) is 1.62. The second kappa shape index (κ2) is 9.98. The summed E-state index contributed by atoms with van der Waals surface area (Å²) in [5.74, 6) is -9.95. The molecule has 2 aromatic rings. The number of phenols is 1. The molecule has 0 spiro atoms. The normalized spacial score (nSPS) is 28.7. The minimum atomic E-state index is -3.01. The Morgan fingerprint density at radius 2 is 1.64 bits per heavy atom. The van der Waals surface area contributed by atoms with Crippen LogP contribution in [0.25, 0.3) is 5.76 Å². The van der Waals surface area contributed by atoms with Crippen LogP contribution in [0.15, 0.2) is 59.4 Å². The fraction of sp³-hybridized carbons (Fsp3) is 0.310. The molecule has 2 aromatic carbocycles.